The molecule has 1 aliphatic carbocycles. The summed E-state index contributed by atoms with van der Waals surface area (Å²) < 4.78 is 14.3. The third kappa shape index (κ3) is 3.13. The lowest BCUT2D eigenvalue weighted by atomic mass is 9.78. The Morgan fingerprint density at radius 3 is 2.12 bits per heavy atom. The van der Waals surface area contributed by atoms with Gasteiger partial charge in [-0.15, -0.1) is 0 Å². The highest BCUT2D eigenvalue weighted by Gasteiger charge is 2.40. The molecule has 6 aromatic carbocycles. The summed E-state index contributed by atoms with van der Waals surface area (Å²) in [5.74, 6) is 0.906. The van der Waals surface area contributed by atoms with Crippen molar-refractivity contribution in [3.8, 4) is 16.9 Å². The largest absolute Gasteiger partial charge is 0.472 e. The molecule has 0 saturated carbocycles. The van der Waals surface area contributed by atoms with E-state index in [4.69, 9.17) is 9.15 Å². The summed E-state index contributed by atoms with van der Waals surface area (Å²) in [6.45, 7) is 0. The summed E-state index contributed by atoms with van der Waals surface area (Å²) in [4.78, 5) is 0. The Hall–Kier alpha value is -5.08. The van der Waals surface area contributed by atoms with E-state index in [9.17, 15) is 0 Å². The molecule has 0 radical (unpaired) electrons. The highest BCUT2D eigenvalue weighted by atomic mass is 16.5. The summed E-state index contributed by atoms with van der Waals surface area (Å²) >= 11 is 0. The molecular formula is C39H26O2. The van der Waals surface area contributed by atoms with Gasteiger partial charge in [-0.3, -0.25) is 0 Å². The van der Waals surface area contributed by atoms with Crippen molar-refractivity contribution < 1.29 is 9.15 Å². The lowest BCUT2D eigenvalue weighted by molar-refractivity contribution is 0.163. The van der Waals surface area contributed by atoms with E-state index < -0.39 is 5.60 Å². The second kappa shape index (κ2) is 8.46. The lowest BCUT2D eigenvalue weighted by Gasteiger charge is -2.37. The molecule has 2 nitrogen and oxygen atoms in total. The number of hydrogen-bond acceptors (Lipinski definition) is 2. The molecule has 41 heavy (non-hydrogen) atoms. The van der Waals surface area contributed by atoms with Crippen LogP contribution < -0.4 is 4.74 Å². The summed E-state index contributed by atoms with van der Waals surface area (Å²) in [5.41, 5.74) is 9.56. The Balaban J connectivity index is 1.45. The van der Waals surface area contributed by atoms with Crippen LogP contribution in [0.1, 0.15) is 27.8 Å². The van der Waals surface area contributed by atoms with Crippen molar-refractivity contribution in [2.45, 2.75) is 18.4 Å². The molecule has 2 heterocycles. The molecule has 0 saturated heterocycles. The van der Waals surface area contributed by atoms with Gasteiger partial charge in [-0.25, -0.2) is 0 Å². The van der Waals surface area contributed by atoms with Gasteiger partial charge in [-0.1, -0.05) is 121 Å². The number of fused-ring (bicyclic) bond motifs is 12. The molecule has 0 unspecified atom stereocenters. The predicted octanol–water partition coefficient (Wildman–Crippen LogP) is 9.85. The Labute approximate surface area is 238 Å². The zero-order valence-electron chi connectivity index (χ0n) is 22.4. The van der Waals surface area contributed by atoms with Gasteiger partial charge in [0.05, 0.1) is 5.39 Å². The van der Waals surface area contributed by atoms with E-state index in [1.54, 1.807) is 0 Å². The number of furan rings is 1. The highest BCUT2D eigenvalue weighted by molar-refractivity contribution is 6.24. The number of hydrogen-bond donors (Lipinski definition) is 0. The molecule has 2 heteroatoms. The van der Waals surface area contributed by atoms with Crippen LogP contribution in [-0.2, 0) is 18.4 Å². The molecule has 0 amide bonds. The molecule has 1 aromatic heterocycles. The third-order valence-electron chi connectivity index (χ3n) is 8.99. The fourth-order valence-corrected chi connectivity index (χ4v) is 7.12. The molecule has 0 N–H and O–H groups in total. The van der Waals surface area contributed by atoms with Gasteiger partial charge in [0.1, 0.15) is 16.9 Å². The van der Waals surface area contributed by atoms with Crippen LogP contribution in [0.3, 0.4) is 0 Å². The minimum atomic E-state index is -0.766. The topological polar surface area (TPSA) is 22.4 Å². The van der Waals surface area contributed by atoms with Crippen molar-refractivity contribution in [3.63, 3.8) is 0 Å². The Morgan fingerprint density at radius 1 is 0.610 bits per heavy atom. The van der Waals surface area contributed by atoms with E-state index >= 15 is 0 Å². The van der Waals surface area contributed by atoms with Gasteiger partial charge in [0.15, 0.2) is 5.60 Å². The quantitative estimate of drug-likeness (QED) is 0.224. The molecular weight excluding hydrogens is 500 g/mol. The fraction of sp³-hybridized carbons (Fsp3) is 0.0769. The number of ether oxygens (including phenoxy) is 1. The zero-order valence-corrected chi connectivity index (χ0v) is 22.4. The summed E-state index contributed by atoms with van der Waals surface area (Å²) in [6.07, 6.45) is 6.52. The SMILES string of the molecule is C1=CC(c2ccccc2)(c2ccccc2)Oc2c1c1c(c3oc4ccc5ccccc5c4c23)-c2ccccc2CC1. The number of rotatable bonds is 2. The maximum atomic E-state index is 7.43. The second-order valence-electron chi connectivity index (χ2n) is 11.1. The van der Waals surface area contributed by atoms with Crippen LogP contribution in [0, 0.1) is 0 Å². The monoisotopic (exact) mass is 526 g/mol. The first-order chi connectivity index (χ1) is 20.3. The van der Waals surface area contributed by atoms with Crippen molar-refractivity contribution >= 4 is 38.8 Å². The van der Waals surface area contributed by atoms with Crippen molar-refractivity contribution in [2.75, 3.05) is 0 Å². The summed E-state index contributed by atoms with van der Waals surface area (Å²) in [5, 5.41) is 4.55. The standard InChI is InChI=1S/C39H26O2/c1-3-13-27(14-4-1)39(28-15-5-2-6-16-28)24-23-32-31-21-19-25-11-7-9-17-29(25)34(31)38-36(37(32)41-39)35-30-18-10-8-12-26(30)20-22-33(35)40-38/h1-18,20,22-24H,19,21H2. The molecule has 0 spiro atoms. The van der Waals surface area contributed by atoms with Crippen molar-refractivity contribution in [1.29, 1.82) is 0 Å². The first kappa shape index (κ1) is 22.7. The van der Waals surface area contributed by atoms with Gasteiger partial charge in [0.2, 0.25) is 0 Å². The van der Waals surface area contributed by atoms with E-state index in [0.29, 0.717) is 0 Å². The zero-order chi connectivity index (χ0) is 27.0. The van der Waals surface area contributed by atoms with Crippen molar-refractivity contribution in [2.24, 2.45) is 0 Å². The van der Waals surface area contributed by atoms with E-state index in [1.807, 2.05) is 0 Å². The van der Waals surface area contributed by atoms with Crippen LogP contribution in [0.25, 0.3) is 49.9 Å². The summed E-state index contributed by atoms with van der Waals surface area (Å²) in [6, 6.07) is 42.8. The van der Waals surface area contributed by atoms with E-state index in [1.165, 1.54) is 38.6 Å². The predicted molar refractivity (Wildman–Crippen MR) is 167 cm³/mol. The minimum absolute atomic E-state index is 0.766. The van der Waals surface area contributed by atoms with Crippen LogP contribution in [0.4, 0.5) is 0 Å². The third-order valence-corrected chi connectivity index (χ3v) is 8.99. The molecule has 9 rings (SSSR count). The fourth-order valence-electron chi connectivity index (χ4n) is 7.12. The van der Waals surface area contributed by atoms with Gasteiger partial charge >= 0.3 is 0 Å². The number of aryl methyl sites for hydroxylation is 1. The van der Waals surface area contributed by atoms with Crippen molar-refractivity contribution in [3.05, 3.63) is 155 Å². The molecule has 194 valence electrons. The van der Waals surface area contributed by atoms with Crippen LogP contribution in [0.5, 0.6) is 5.75 Å². The number of benzene rings is 6. The Morgan fingerprint density at radius 2 is 1.32 bits per heavy atom. The molecule has 0 fully saturated rings. The average Bonchev–Trinajstić information content (AvgIpc) is 3.45. The van der Waals surface area contributed by atoms with Gasteiger partial charge in [-0.05, 0) is 52.4 Å². The Kier molecular flexibility index (Phi) is 4.68. The molecule has 0 bridgehead atoms. The molecule has 0 atom stereocenters. The maximum absolute atomic E-state index is 7.43. The summed E-state index contributed by atoms with van der Waals surface area (Å²) in [7, 11) is 0. The Bertz CT molecular complexity index is 2130. The normalized spacial score (nSPS) is 14.9. The van der Waals surface area contributed by atoms with Crippen LogP contribution in [0.2, 0.25) is 0 Å². The van der Waals surface area contributed by atoms with E-state index in [2.05, 4.69) is 133 Å². The van der Waals surface area contributed by atoms with Gasteiger partial charge in [0.25, 0.3) is 0 Å². The van der Waals surface area contributed by atoms with Crippen LogP contribution in [0.15, 0.2) is 132 Å². The smallest absolute Gasteiger partial charge is 0.178 e. The van der Waals surface area contributed by atoms with Gasteiger partial charge in [-0.2, -0.15) is 0 Å². The lowest BCUT2D eigenvalue weighted by Crippen LogP contribution is -2.34. The van der Waals surface area contributed by atoms with E-state index in [-0.39, 0.29) is 0 Å². The van der Waals surface area contributed by atoms with Crippen molar-refractivity contribution in [1.82, 2.24) is 0 Å². The molecule has 2 aliphatic rings. The van der Waals surface area contributed by atoms with Gasteiger partial charge in [0, 0.05) is 27.6 Å². The first-order valence-corrected chi connectivity index (χ1v) is 14.3. The van der Waals surface area contributed by atoms with E-state index in [0.717, 1.165) is 51.7 Å². The maximum Gasteiger partial charge on any atom is 0.178 e. The molecule has 7 aromatic rings. The van der Waals surface area contributed by atoms with Crippen LogP contribution in [-0.4, -0.2) is 0 Å². The highest BCUT2D eigenvalue weighted by Crippen LogP contribution is 2.54. The van der Waals surface area contributed by atoms with Gasteiger partial charge < -0.3 is 9.15 Å². The molecule has 1 aliphatic heterocycles. The minimum Gasteiger partial charge on any atom is -0.472 e. The second-order valence-corrected chi connectivity index (χ2v) is 11.1. The first-order valence-electron chi connectivity index (χ1n) is 14.3. The van der Waals surface area contributed by atoms with Crippen LogP contribution >= 0.6 is 0 Å². The average molecular weight is 527 g/mol.